The number of hydrogen-bond donors (Lipinski definition) is 1. The fourth-order valence-electron chi connectivity index (χ4n) is 5.33. The minimum absolute atomic E-state index is 0.0838. The molecule has 3 aromatic rings. The lowest BCUT2D eigenvalue weighted by atomic mass is 9.93. The largest absolute Gasteiger partial charge is 0.497 e. The maximum atomic E-state index is 14.5. The van der Waals surface area contributed by atoms with Gasteiger partial charge in [-0.25, -0.2) is 4.79 Å². The summed E-state index contributed by atoms with van der Waals surface area (Å²) < 4.78 is 13.3. The molecule has 0 spiro atoms. The van der Waals surface area contributed by atoms with Crippen LogP contribution in [0.4, 0.5) is 4.79 Å². The number of rotatable bonds is 8. The van der Waals surface area contributed by atoms with Gasteiger partial charge < -0.3 is 24.4 Å². The fourth-order valence-corrected chi connectivity index (χ4v) is 5.85. The molecule has 5 rings (SSSR count). The van der Waals surface area contributed by atoms with E-state index in [-0.39, 0.29) is 31.6 Å². The van der Waals surface area contributed by atoms with Crippen molar-refractivity contribution in [1.82, 2.24) is 14.7 Å². The summed E-state index contributed by atoms with van der Waals surface area (Å²) in [7, 11) is 1.59. The van der Waals surface area contributed by atoms with Gasteiger partial charge in [-0.1, -0.05) is 56.1 Å². The molecule has 0 radical (unpaired) electrons. The Labute approximate surface area is 262 Å². The number of urea groups is 1. The first kappa shape index (κ1) is 30.1. The summed E-state index contributed by atoms with van der Waals surface area (Å²) in [6.45, 7) is 3.03. The van der Waals surface area contributed by atoms with E-state index >= 15 is 0 Å². The van der Waals surface area contributed by atoms with E-state index in [4.69, 9.17) is 14.5 Å². The van der Waals surface area contributed by atoms with Crippen molar-refractivity contribution in [3.05, 3.63) is 92.4 Å². The molecule has 2 heterocycles. The highest BCUT2D eigenvalue weighted by atomic mass is 79.9. The Morgan fingerprint density at radius 1 is 1.00 bits per heavy atom. The Balaban J connectivity index is 1.65. The van der Waals surface area contributed by atoms with Crippen LogP contribution in [-0.2, 0) is 4.79 Å². The molecule has 2 aliphatic heterocycles. The number of methoxy groups -OCH3 is 1. The number of carbonyl (C=O) groups is 2. The maximum Gasteiger partial charge on any atom is 0.326 e. The van der Waals surface area contributed by atoms with Gasteiger partial charge in [-0.15, -0.1) is 0 Å². The zero-order valence-electron chi connectivity index (χ0n) is 23.4. The highest BCUT2D eigenvalue weighted by Crippen LogP contribution is 2.45. The first-order valence-corrected chi connectivity index (χ1v) is 15.3. The van der Waals surface area contributed by atoms with Crippen molar-refractivity contribution in [2.45, 2.75) is 19.0 Å². The smallest absolute Gasteiger partial charge is 0.326 e. The van der Waals surface area contributed by atoms with Crippen LogP contribution in [0.2, 0.25) is 0 Å². The number of piperazine rings is 1. The van der Waals surface area contributed by atoms with Gasteiger partial charge in [0.05, 0.1) is 31.9 Å². The summed E-state index contributed by atoms with van der Waals surface area (Å²) in [5, 5.41) is 9.36. The van der Waals surface area contributed by atoms with E-state index in [2.05, 4.69) is 31.9 Å². The number of β-amino-alcohol motifs (C(OH)–C–C–N with tert-alkyl or cyclic N) is 1. The minimum Gasteiger partial charge on any atom is -0.497 e. The average molecular weight is 700 g/mol. The molecule has 0 bridgehead atoms. The van der Waals surface area contributed by atoms with E-state index in [0.717, 1.165) is 20.1 Å². The van der Waals surface area contributed by atoms with Crippen LogP contribution in [0.15, 0.2) is 80.7 Å². The molecule has 220 valence electrons. The van der Waals surface area contributed by atoms with Crippen LogP contribution in [0.1, 0.15) is 35.7 Å². The van der Waals surface area contributed by atoms with Crippen LogP contribution in [-0.4, -0.2) is 84.1 Å². The number of aliphatic hydroxyl groups excluding tert-OH is 1. The third kappa shape index (κ3) is 6.18. The zero-order chi connectivity index (χ0) is 29.8. The predicted molar refractivity (Wildman–Crippen MR) is 167 cm³/mol. The number of amides is 3. The van der Waals surface area contributed by atoms with Crippen molar-refractivity contribution in [1.29, 1.82) is 0 Å². The summed E-state index contributed by atoms with van der Waals surface area (Å²) in [4.78, 5) is 37.5. The summed E-state index contributed by atoms with van der Waals surface area (Å²) in [5.41, 5.74) is 2.49. The highest BCUT2D eigenvalue weighted by molar-refractivity contribution is 9.10. The summed E-state index contributed by atoms with van der Waals surface area (Å²) in [6.07, 6.45) is 0. The lowest BCUT2D eigenvalue weighted by Crippen LogP contribution is -2.56. The van der Waals surface area contributed by atoms with E-state index in [1.165, 1.54) is 0 Å². The van der Waals surface area contributed by atoms with E-state index < -0.39 is 12.1 Å². The number of carbonyl (C=O) groups excluding carboxylic acids is 2. The second-order valence-corrected chi connectivity index (χ2v) is 11.8. The second-order valence-electron chi connectivity index (χ2n) is 9.92. The first-order valence-electron chi connectivity index (χ1n) is 13.7. The lowest BCUT2D eigenvalue weighted by Gasteiger charge is -2.38. The monoisotopic (exact) mass is 698 g/mol. The first-order chi connectivity index (χ1) is 20.3. The molecule has 2 aliphatic rings. The van der Waals surface area contributed by atoms with E-state index in [1.54, 1.807) is 27.9 Å². The van der Waals surface area contributed by atoms with Crippen molar-refractivity contribution in [2.75, 3.05) is 46.5 Å². The number of benzene rings is 3. The minimum atomic E-state index is -0.496. The molecular formula is C31H32Br2N4O5. The molecular weight excluding hydrogens is 668 g/mol. The number of hydrogen-bond acceptors (Lipinski definition) is 6. The van der Waals surface area contributed by atoms with Gasteiger partial charge in [-0.3, -0.25) is 14.7 Å². The van der Waals surface area contributed by atoms with Crippen molar-refractivity contribution >= 4 is 49.6 Å². The third-order valence-corrected chi connectivity index (χ3v) is 8.44. The molecule has 0 saturated carbocycles. The molecule has 1 fully saturated rings. The second kappa shape index (κ2) is 13.3. The number of nitrogens with zero attached hydrogens (tertiary/aromatic N) is 4. The van der Waals surface area contributed by atoms with E-state index in [1.807, 2.05) is 67.6 Å². The van der Waals surface area contributed by atoms with Crippen LogP contribution in [0.3, 0.4) is 0 Å². The molecule has 0 aliphatic carbocycles. The van der Waals surface area contributed by atoms with Crippen LogP contribution < -0.4 is 9.47 Å². The molecule has 1 saturated heterocycles. The Bertz CT molecular complexity index is 1470. The van der Waals surface area contributed by atoms with Gasteiger partial charge in [0.2, 0.25) is 5.91 Å². The van der Waals surface area contributed by atoms with Gasteiger partial charge in [0.1, 0.15) is 29.9 Å². The Morgan fingerprint density at radius 3 is 2.26 bits per heavy atom. The molecule has 0 aromatic heterocycles. The standard InChI is InChI=1S/C31H32Br2N4O5/c1-3-42-26-18-24(41-2)12-13-25(26)30-34-28(20-4-8-22(32)9-5-20)29(21-6-10-23(33)11-7-21)37(30)31(40)36-15-14-35(16-17-38)27(39)19-36/h4-13,18,28-29,38H,3,14-17,19H2,1-2H3. The molecule has 1 N–H and O–H groups in total. The topological polar surface area (TPSA) is 94.9 Å². The zero-order valence-corrected chi connectivity index (χ0v) is 26.5. The lowest BCUT2D eigenvalue weighted by molar-refractivity contribution is -0.135. The highest BCUT2D eigenvalue weighted by Gasteiger charge is 2.45. The van der Waals surface area contributed by atoms with Crippen molar-refractivity contribution < 1.29 is 24.2 Å². The summed E-state index contributed by atoms with van der Waals surface area (Å²) in [6, 6.07) is 20.0. The molecule has 42 heavy (non-hydrogen) atoms. The van der Waals surface area contributed by atoms with Crippen LogP contribution >= 0.6 is 31.9 Å². The van der Waals surface area contributed by atoms with Gasteiger partial charge in [0.15, 0.2) is 0 Å². The van der Waals surface area contributed by atoms with Crippen molar-refractivity contribution in [2.24, 2.45) is 4.99 Å². The molecule has 11 heteroatoms. The van der Waals surface area contributed by atoms with Gasteiger partial charge in [0.25, 0.3) is 0 Å². The number of aliphatic hydroxyl groups is 1. The molecule has 9 nitrogen and oxygen atoms in total. The van der Waals surface area contributed by atoms with Gasteiger partial charge in [-0.2, -0.15) is 0 Å². The average Bonchev–Trinajstić information content (AvgIpc) is 3.39. The molecule has 2 atom stereocenters. The maximum absolute atomic E-state index is 14.5. The van der Waals surface area contributed by atoms with E-state index in [0.29, 0.717) is 42.6 Å². The predicted octanol–water partition coefficient (Wildman–Crippen LogP) is 5.42. The van der Waals surface area contributed by atoms with Crippen LogP contribution in [0.25, 0.3) is 0 Å². The molecule has 2 unspecified atom stereocenters. The Kier molecular flexibility index (Phi) is 9.50. The van der Waals surface area contributed by atoms with Gasteiger partial charge in [-0.05, 0) is 54.4 Å². The normalized spacial score (nSPS) is 18.7. The molecule has 3 amide bonds. The van der Waals surface area contributed by atoms with E-state index in [9.17, 15) is 14.7 Å². The van der Waals surface area contributed by atoms with Crippen LogP contribution in [0.5, 0.6) is 11.5 Å². The molecule has 3 aromatic carbocycles. The Hall–Kier alpha value is -3.41. The number of aliphatic imine (C=N–C) groups is 1. The quantitative estimate of drug-likeness (QED) is 0.339. The van der Waals surface area contributed by atoms with Gasteiger partial charge in [0, 0.05) is 34.6 Å². The third-order valence-electron chi connectivity index (χ3n) is 7.38. The SMILES string of the molecule is CCOc1cc(OC)ccc1C1=NC(c2ccc(Br)cc2)C(c2ccc(Br)cc2)N1C(=O)N1CCN(CCO)C(=O)C1. The summed E-state index contributed by atoms with van der Waals surface area (Å²) >= 11 is 7.06. The number of amidine groups is 1. The number of ether oxygens (including phenoxy) is 2. The van der Waals surface area contributed by atoms with Crippen molar-refractivity contribution in [3.8, 4) is 11.5 Å². The van der Waals surface area contributed by atoms with Gasteiger partial charge >= 0.3 is 6.03 Å². The van der Waals surface area contributed by atoms with Crippen molar-refractivity contribution in [3.63, 3.8) is 0 Å². The summed E-state index contributed by atoms with van der Waals surface area (Å²) in [5.74, 6) is 1.42. The van der Waals surface area contributed by atoms with Crippen LogP contribution in [0, 0.1) is 0 Å². The number of halogens is 2. The fraction of sp³-hybridized carbons (Fsp3) is 0.323. The Morgan fingerprint density at radius 2 is 1.67 bits per heavy atom.